The lowest BCUT2D eigenvalue weighted by Crippen LogP contribution is -2.05. The lowest BCUT2D eigenvalue weighted by Gasteiger charge is -1.99. The molecule has 0 aliphatic rings. The molecule has 1 aromatic rings. The number of nitro groups is 1. The minimum atomic E-state index is -0.422. The van der Waals surface area contributed by atoms with Crippen molar-refractivity contribution in [3.63, 3.8) is 0 Å². The molecule has 0 aromatic carbocycles. The van der Waals surface area contributed by atoms with E-state index in [2.05, 4.69) is 4.98 Å². The second-order valence-electron chi connectivity index (χ2n) is 2.75. The van der Waals surface area contributed by atoms with Crippen molar-refractivity contribution in [3.05, 3.63) is 33.6 Å². The Labute approximate surface area is 75.7 Å². The van der Waals surface area contributed by atoms with E-state index in [1.165, 1.54) is 12.1 Å². The highest BCUT2D eigenvalue weighted by Gasteiger charge is 2.08. The molecule has 70 valence electrons. The molecule has 0 atom stereocenters. The van der Waals surface area contributed by atoms with Gasteiger partial charge in [-0.3, -0.25) is 15.1 Å². The van der Waals surface area contributed by atoms with Crippen LogP contribution in [0.15, 0.2) is 12.1 Å². The number of nitrogens with two attached hydrogens (primary N) is 1. The van der Waals surface area contributed by atoms with Crippen LogP contribution in [0.25, 0.3) is 0 Å². The molecule has 2 N–H and O–H groups in total. The Hall–Kier alpha value is -1.49. The highest BCUT2D eigenvalue weighted by molar-refractivity contribution is 5.33. The molecule has 0 bridgehead atoms. The highest BCUT2D eigenvalue weighted by atomic mass is 16.6. The Morgan fingerprint density at radius 2 is 2.31 bits per heavy atom. The number of hydrogen-bond donors (Lipinski definition) is 1. The molecular weight excluding hydrogens is 170 g/mol. The van der Waals surface area contributed by atoms with Crippen LogP contribution in [0.1, 0.15) is 11.4 Å². The molecule has 0 fully saturated rings. The lowest BCUT2D eigenvalue weighted by atomic mass is 10.2. The molecule has 13 heavy (non-hydrogen) atoms. The molecule has 0 spiro atoms. The van der Waals surface area contributed by atoms with Gasteiger partial charge >= 0.3 is 0 Å². The Bertz CT molecular complexity index is 325. The van der Waals surface area contributed by atoms with Crippen LogP contribution in [0.4, 0.5) is 5.69 Å². The maximum Gasteiger partial charge on any atom is 0.273 e. The fourth-order valence-corrected chi connectivity index (χ4v) is 1.10. The second kappa shape index (κ2) is 3.95. The highest BCUT2D eigenvalue weighted by Crippen LogP contribution is 2.13. The van der Waals surface area contributed by atoms with Crippen molar-refractivity contribution in [3.8, 4) is 0 Å². The van der Waals surface area contributed by atoms with E-state index in [0.717, 1.165) is 0 Å². The molecule has 5 nitrogen and oxygen atoms in total. The first-order valence-electron chi connectivity index (χ1n) is 3.95. The Balaban J connectivity index is 3.03. The fourth-order valence-electron chi connectivity index (χ4n) is 1.10. The van der Waals surface area contributed by atoms with E-state index in [1.54, 1.807) is 6.92 Å². The summed E-state index contributed by atoms with van der Waals surface area (Å²) in [5.41, 5.74) is 6.73. The van der Waals surface area contributed by atoms with Crippen molar-refractivity contribution in [2.75, 3.05) is 6.54 Å². The van der Waals surface area contributed by atoms with Gasteiger partial charge in [0, 0.05) is 29.9 Å². The maximum absolute atomic E-state index is 10.5. The van der Waals surface area contributed by atoms with Gasteiger partial charge in [-0.15, -0.1) is 0 Å². The Kier molecular flexibility index (Phi) is 2.92. The summed E-state index contributed by atoms with van der Waals surface area (Å²) in [6.45, 7) is 2.18. The molecule has 1 aromatic heterocycles. The van der Waals surface area contributed by atoms with E-state index in [1.807, 2.05) is 0 Å². The van der Waals surface area contributed by atoms with Crippen molar-refractivity contribution >= 4 is 5.69 Å². The van der Waals surface area contributed by atoms with Gasteiger partial charge < -0.3 is 5.73 Å². The molecule has 0 amide bonds. The monoisotopic (exact) mass is 181 g/mol. The Morgan fingerprint density at radius 3 is 2.85 bits per heavy atom. The Morgan fingerprint density at radius 1 is 1.62 bits per heavy atom. The first-order chi connectivity index (χ1) is 6.13. The summed E-state index contributed by atoms with van der Waals surface area (Å²) in [5, 5.41) is 10.5. The van der Waals surface area contributed by atoms with Gasteiger partial charge in [0.1, 0.15) is 0 Å². The van der Waals surface area contributed by atoms with Gasteiger partial charge in [-0.1, -0.05) is 0 Å². The first-order valence-corrected chi connectivity index (χ1v) is 3.95. The van der Waals surface area contributed by atoms with E-state index in [-0.39, 0.29) is 5.69 Å². The predicted molar refractivity (Wildman–Crippen MR) is 48.4 cm³/mol. The number of hydrogen-bond acceptors (Lipinski definition) is 4. The van der Waals surface area contributed by atoms with E-state index in [9.17, 15) is 10.1 Å². The number of pyridine rings is 1. The van der Waals surface area contributed by atoms with Crippen molar-refractivity contribution < 1.29 is 4.92 Å². The summed E-state index contributed by atoms with van der Waals surface area (Å²) in [6.07, 6.45) is 0.572. The van der Waals surface area contributed by atoms with Crippen molar-refractivity contribution in [2.45, 2.75) is 13.3 Å². The molecule has 0 aliphatic carbocycles. The maximum atomic E-state index is 10.5. The topological polar surface area (TPSA) is 82.0 Å². The third-order valence-electron chi connectivity index (χ3n) is 1.60. The van der Waals surface area contributed by atoms with E-state index < -0.39 is 4.92 Å². The number of nitrogens with zero attached hydrogens (tertiary/aromatic N) is 2. The van der Waals surface area contributed by atoms with Gasteiger partial charge in [-0.05, 0) is 13.5 Å². The summed E-state index contributed by atoms with van der Waals surface area (Å²) in [4.78, 5) is 14.2. The van der Waals surface area contributed by atoms with Crippen LogP contribution in [0, 0.1) is 17.0 Å². The van der Waals surface area contributed by atoms with Crippen molar-refractivity contribution in [1.82, 2.24) is 4.98 Å². The van der Waals surface area contributed by atoms with Gasteiger partial charge in [0.2, 0.25) is 0 Å². The SMILES string of the molecule is Cc1cc([N+](=O)[O-])cc(CCN)n1. The molecule has 0 aliphatic heterocycles. The number of aromatic nitrogens is 1. The number of aryl methyl sites for hydroxylation is 1. The van der Waals surface area contributed by atoms with Crippen LogP contribution < -0.4 is 5.73 Å². The van der Waals surface area contributed by atoms with Crippen molar-refractivity contribution in [2.24, 2.45) is 5.73 Å². The van der Waals surface area contributed by atoms with Crippen LogP contribution in [0.3, 0.4) is 0 Å². The zero-order valence-corrected chi connectivity index (χ0v) is 7.36. The summed E-state index contributed by atoms with van der Waals surface area (Å²) in [7, 11) is 0. The first kappa shape index (κ1) is 9.60. The van der Waals surface area contributed by atoms with E-state index in [4.69, 9.17) is 5.73 Å². The van der Waals surface area contributed by atoms with Gasteiger partial charge in [-0.25, -0.2) is 0 Å². The van der Waals surface area contributed by atoms with Gasteiger partial charge in [-0.2, -0.15) is 0 Å². The standard InChI is InChI=1S/C8H11N3O2/c1-6-4-8(11(12)13)5-7(10-6)2-3-9/h4-5H,2-3,9H2,1H3. The largest absolute Gasteiger partial charge is 0.330 e. The molecule has 5 heteroatoms. The summed E-state index contributed by atoms with van der Waals surface area (Å²) in [5.74, 6) is 0. The second-order valence-corrected chi connectivity index (χ2v) is 2.75. The third kappa shape index (κ3) is 2.48. The molecule has 1 rings (SSSR count). The zero-order valence-electron chi connectivity index (χ0n) is 7.36. The lowest BCUT2D eigenvalue weighted by molar-refractivity contribution is -0.385. The predicted octanol–water partition coefficient (Wildman–Crippen LogP) is 0.799. The number of rotatable bonds is 3. The molecule has 0 radical (unpaired) electrons. The van der Waals surface area contributed by atoms with Gasteiger partial charge in [0.25, 0.3) is 5.69 Å². The fraction of sp³-hybridized carbons (Fsp3) is 0.375. The van der Waals surface area contributed by atoms with Crippen LogP contribution >= 0.6 is 0 Å². The van der Waals surface area contributed by atoms with Crippen molar-refractivity contribution in [1.29, 1.82) is 0 Å². The van der Waals surface area contributed by atoms with Crippen LogP contribution in [0.5, 0.6) is 0 Å². The molecule has 0 saturated carbocycles. The van der Waals surface area contributed by atoms with Crippen LogP contribution in [0.2, 0.25) is 0 Å². The molecular formula is C8H11N3O2. The van der Waals surface area contributed by atoms with Crippen LogP contribution in [-0.4, -0.2) is 16.5 Å². The van der Waals surface area contributed by atoms with Gasteiger partial charge in [0.15, 0.2) is 0 Å². The summed E-state index contributed by atoms with van der Waals surface area (Å²) < 4.78 is 0. The van der Waals surface area contributed by atoms with Crippen LogP contribution in [-0.2, 0) is 6.42 Å². The van der Waals surface area contributed by atoms with E-state index in [0.29, 0.717) is 24.4 Å². The summed E-state index contributed by atoms with van der Waals surface area (Å²) in [6, 6.07) is 2.90. The van der Waals surface area contributed by atoms with E-state index >= 15 is 0 Å². The average Bonchev–Trinajstić information content (AvgIpc) is 2.03. The minimum absolute atomic E-state index is 0.0796. The molecule has 0 saturated heterocycles. The summed E-state index contributed by atoms with van der Waals surface area (Å²) >= 11 is 0. The molecule has 1 heterocycles. The quantitative estimate of drug-likeness (QED) is 0.552. The third-order valence-corrected chi connectivity index (χ3v) is 1.60. The minimum Gasteiger partial charge on any atom is -0.330 e. The smallest absolute Gasteiger partial charge is 0.273 e. The van der Waals surface area contributed by atoms with Gasteiger partial charge in [0.05, 0.1) is 4.92 Å². The zero-order chi connectivity index (χ0) is 9.84. The molecule has 0 unspecified atom stereocenters. The normalized spacial score (nSPS) is 10.0. The average molecular weight is 181 g/mol.